The number of nitrogens with one attached hydrogen (secondary N) is 1. The molecule has 0 bridgehead atoms. The summed E-state index contributed by atoms with van der Waals surface area (Å²) in [7, 11) is 0. The normalized spacial score (nSPS) is 12.7. The molecular weight excluding hydrogens is 304 g/mol. The molecule has 0 saturated heterocycles. The van der Waals surface area contributed by atoms with Crippen molar-refractivity contribution in [1.82, 2.24) is 0 Å². The molecule has 128 valence electrons. The molecule has 0 aliphatic carbocycles. The molecule has 0 aliphatic rings. The van der Waals surface area contributed by atoms with Crippen LogP contribution in [0, 0.1) is 0 Å². The second kappa shape index (κ2) is 7.03. The number of rotatable bonds is 4. The molecule has 2 aromatic carbocycles. The molecule has 2 rings (SSSR count). The minimum atomic E-state index is -0.532. The van der Waals surface area contributed by atoms with E-state index in [1.165, 1.54) is 0 Å². The van der Waals surface area contributed by atoms with Crippen LogP contribution in [0.1, 0.15) is 48.3 Å². The van der Waals surface area contributed by atoms with Crippen molar-refractivity contribution in [2.45, 2.75) is 32.2 Å². The highest BCUT2D eigenvalue weighted by atomic mass is 16.3. The van der Waals surface area contributed by atoms with Crippen molar-refractivity contribution < 1.29 is 15.0 Å². The van der Waals surface area contributed by atoms with Crippen LogP contribution in [0.15, 0.2) is 42.5 Å². The van der Waals surface area contributed by atoms with Gasteiger partial charge in [-0.1, -0.05) is 39.0 Å². The van der Waals surface area contributed by atoms with E-state index < -0.39 is 6.04 Å². The van der Waals surface area contributed by atoms with Crippen LogP contribution in [0.4, 0.5) is 5.69 Å². The number of carbonyl (C=O) groups is 1. The Labute approximate surface area is 142 Å². The number of aliphatic hydroxyl groups excluding tert-OH is 1. The van der Waals surface area contributed by atoms with Crippen molar-refractivity contribution in [3.63, 3.8) is 0 Å². The van der Waals surface area contributed by atoms with Crippen LogP contribution in [0.5, 0.6) is 5.75 Å². The van der Waals surface area contributed by atoms with Gasteiger partial charge >= 0.3 is 0 Å². The molecule has 1 unspecified atom stereocenters. The van der Waals surface area contributed by atoms with Crippen molar-refractivity contribution in [1.29, 1.82) is 0 Å². The van der Waals surface area contributed by atoms with Crippen molar-refractivity contribution in [3.8, 4) is 5.75 Å². The average Bonchev–Trinajstić information content (AvgIpc) is 2.55. The van der Waals surface area contributed by atoms with E-state index in [2.05, 4.69) is 26.1 Å². The van der Waals surface area contributed by atoms with E-state index in [0.29, 0.717) is 16.8 Å². The first kappa shape index (κ1) is 18.0. The summed E-state index contributed by atoms with van der Waals surface area (Å²) in [6, 6.07) is 11.4. The largest absolute Gasteiger partial charge is 0.506 e. The van der Waals surface area contributed by atoms with Gasteiger partial charge in [0.25, 0.3) is 5.91 Å². The first-order valence-corrected chi connectivity index (χ1v) is 7.83. The maximum Gasteiger partial charge on any atom is 0.255 e. The van der Waals surface area contributed by atoms with Gasteiger partial charge in [-0.25, -0.2) is 0 Å². The lowest BCUT2D eigenvalue weighted by Crippen LogP contribution is -2.17. The maximum absolute atomic E-state index is 12.5. The molecule has 0 radical (unpaired) electrons. The molecule has 5 nitrogen and oxygen atoms in total. The van der Waals surface area contributed by atoms with Crippen molar-refractivity contribution in [2.75, 3.05) is 11.9 Å². The predicted molar refractivity (Wildman–Crippen MR) is 95.2 cm³/mol. The van der Waals surface area contributed by atoms with E-state index in [0.717, 1.165) is 5.56 Å². The SMILES string of the molecule is CC(C)(C)c1ccc(O)c(NC(=O)c2cccc(C(N)CO)c2)c1. The van der Waals surface area contributed by atoms with Crippen molar-refractivity contribution in [2.24, 2.45) is 5.73 Å². The van der Waals surface area contributed by atoms with Gasteiger partial charge in [0.05, 0.1) is 18.3 Å². The molecule has 5 heteroatoms. The van der Waals surface area contributed by atoms with Crippen LogP contribution < -0.4 is 11.1 Å². The number of benzene rings is 2. The average molecular weight is 328 g/mol. The van der Waals surface area contributed by atoms with Crippen LogP contribution in [0.2, 0.25) is 0 Å². The third-order valence-corrected chi connectivity index (χ3v) is 3.88. The van der Waals surface area contributed by atoms with Crippen LogP contribution >= 0.6 is 0 Å². The van der Waals surface area contributed by atoms with Crippen LogP contribution in [-0.2, 0) is 5.41 Å². The van der Waals surface area contributed by atoms with Crippen molar-refractivity contribution >= 4 is 11.6 Å². The van der Waals surface area contributed by atoms with Gasteiger partial charge in [-0.15, -0.1) is 0 Å². The lowest BCUT2D eigenvalue weighted by Gasteiger charge is -2.20. The van der Waals surface area contributed by atoms with Crippen LogP contribution in [0.3, 0.4) is 0 Å². The van der Waals surface area contributed by atoms with Gasteiger partial charge in [-0.3, -0.25) is 4.79 Å². The number of hydrogen-bond acceptors (Lipinski definition) is 4. The summed E-state index contributed by atoms with van der Waals surface area (Å²) in [6.07, 6.45) is 0. The van der Waals surface area contributed by atoms with Crippen molar-refractivity contribution in [3.05, 3.63) is 59.2 Å². The molecule has 24 heavy (non-hydrogen) atoms. The molecule has 0 saturated carbocycles. The zero-order valence-corrected chi connectivity index (χ0v) is 14.2. The molecule has 0 spiro atoms. The molecule has 2 aromatic rings. The van der Waals surface area contributed by atoms with E-state index in [4.69, 9.17) is 10.8 Å². The Morgan fingerprint density at radius 1 is 1.21 bits per heavy atom. The monoisotopic (exact) mass is 328 g/mol. The molecule has 0 aromatic heterocycles. The molecular formula is C19H24N2O3. The van der Waals surface area contributed by atoms with Gasteiger partial charge in [0, 0.05) is 5.56 Å². The number of phenols is 1. The molecule has 0 heterocycles. The minimum absolute atomic E-state index is 0.0135. The van der Waals surface area contributed by atoms with E-state index in [-0.39, 0.29) is 23.7 Å². The summed E-state index contributed by atoms with van der Waals surface area (Å²) in [6.45, 7) is 5.99. The Bertz CT molecular complexity index is 736. The molecule has 0 fully saturated rings. The van der Waals surface area contributed by atoms with E-state index in [9.17, 15) is 9.90 Å². The highest BCUT2D eigenvalue weighted by Gasteiger charge is 2.17. The highest BCUT2D eigenvalue weighted by Crippen LogP contribution is 2.31. The smallest absolute Gasteiger partial charge is 0.255 e. The number of hydrogen-bond donors (Lipinski definition) is 4. The summed E-state index contributed by atoms with van der Waals surface area (Å²) in [5, 5.41) is 21.9. The second-order valence-corrected chi connectivity index (χ2v) is 6.85. The van der Waals surface area contributed by atoms with Crippen LogP contribution in [-0.4, -0.2) is 22.7 Å². The lowest BCUT2D eigenvalue weighted by molar-refractivity contribution is 0.102. The summed E-state index contributed by atoms with van der Waals surface area (Å²) in [5.74, 6) is -0.331. The van der Waals surface area contributed by atoms with E-state index in [1.807, 2.05) is 6.07 Å². The minimum Gasteiger partial charge on any atom is -0.506 e. The first-order valence-electron chi connectivity index (χ1n) is 7.83. The van der Waals surface area contributed by atoms with Gasteiger partial charge in [-0.2, -0.15) is 0 Å². The van der Waals surface area contributed by atoms with Gasteiger partial charge < -0.3 is 21.3 Å². The Morgan fingerprint density at radius 3 is 2.54 bits per heavy atom. The lowest BCUT2D eigenvalue weighted by atomic mass is 9.87. The zero-order chi connectivity index (χ0) is 17.9. The Morgan fingerprint density at radius 2 is 1.92 bits per heavy atom. The second-order valence-electron chi connectivity index (χ2n) is 6.85. The number of phenolic OH excluding ortho intramolecular Hbond substituents is 1. The summed E-state index contributed by atoms with van der Waals surface area (Å²) in [4.78, 5) is 12.5. The third-order valence-electron chi connectivity index (χ3n) is 3.88. The number of aromatic hydroxyl groups is 1. The molecule has 0 aliphatic heterocycles. The number of amides is 1. The topological polar surface area (TPSA) is 95.6 Å². The number of carbonyl (C=O) groups excluding carboxylic acids is 1. The summed E-state index contributed by atoms with van der Waals surface area (Å²) < 4.78 is 0. The molecule has 1 amide bonds. The highest BCUT2D eigenvalue weighted by molar-refractivity contribution is 6.05. The summed E-state index contributed by atoms with van der Waals surface area (Å²) >= 11 is 0. The fraction of sp³-hybridized carbons (Fsp3) is 0.316. The zero-order valence-electron chi connectivity index (χ0n) is 14.2. The Kier molecular flexibility index (Phi) is 5.26. The fourth-order valence-electron chi connectivity index (χ4n) is 2.31. The Hall–Kier alpha value is -2.37. The predicted octanol–water partition coefficient (Wildman–Crippen LogP) is 2.93. The number of anilines is 1. The van der Waals surface area contributed by atoms with E-state index >= 15 is 0 Å². The number of nitrogens with two attached hydrogens (primary N) is 1. The third kappa shape index (κ3) is 4.13. The first-order chi connectivity index (χ1) is 11.2. The fourth-order valence-corrected chi connectivity index (χ4v) is 2.31. The van der Waals surface area contributed by atoms with Gasteiger partial charge in [0.1, 0.15) is 5.75 Å². The molecule has 5 N–H and O–H groups in total. The maximum atomic E-state index is 12.5. The van der Waals surface area contributed by atoms with Gasteiger partial charge in [0.2, 0.25) is 0 Å². The van der Waals surface area contributed by atoms with E-state index in [1.54, 1.807) is 36.4 Å². The van der Waals surface area contributed by atoms with Crippen LogP contribution in [0.25, 0.3) is 0 Å². The quantitative estimate of drug-likeness (QED) is 0.649. The Balaban J connectivity index is 2.27. The molecule has 1 atom stereocenters. The number of aliphatic hydroxyl groups is 1. The standard InChI is InChI=1S/C19H24N2O3/c1-19(2,3)14-7-8-17(23)16(10-14)21-18(24)13-6-4-5-12(9-13)15(20)11-22/h4-10,15,22-23H,11,20H2,1-3H3,(H,21,24). The summed E-state index contributed by atoms with van der Waals surface area (Å²) in [5.41, 5.74) is 8.15. The van der Waals surface area contributed by atoms with Gasteiger partial charge in [-0.05, 0) is 40.8 Å². The van der Waals surface area contributed by atoms with Gasteiger partial charge in [0.15, 0.2) is 0 Å².